The molecule has 102 valence electrons. The van der Waals surface area contributed by atoms with E-state index in [2.05, 4.69) is 12.2 Å². The molecule has 0 aromatic rings. The Morgan fingerprint density at radius 1 is 1.29 bits per heavy atom. The van der Waals surface area contributed by atoms with Crippen LogP contribution in [0.2, 0.25) is 0 Å². The molecule has 0 amide bonds. The number of hydrogen-bond donors (Lipinski definition) is 2. The first-order chi connectivity index (χ1) is 7.85. The van der Waals surface area contributed by atoms with Crippen molar-refractivity contribution in [1.82, 2.24) is 5.32 Å². The quantitative estimate of drug-likeness (QED) is 0.738. The van der Waals surface area contributed by atoms with Crippen LogP contribution in [0.15, 0.2) is 0 Å². The van der Waals surface area contributed by atoms with Crippen LogP contribution in [-0.4, -0.2) is 30.0 Å². The molecule has 2 N–H and O–H groups in total. The van der Waals surface area contributed by atoms with Crippen LogP contribution in [0.4, 0.5) is 13.2 Å². The first kappa shape index (κ1) is 14.8. The Bertz CT molecular complexity index is 222. The molecule has 5 heteroatoms. The van der Waals surface area contributed by atoms with E-state index in [4.69, 9.17) is 0 Å². The SMILES string of the molecule is CCC1CCC(O)(CNCCC(F)(F)F)CC1. The van der Waals surface area contributed by atoms with E-state index in [1.165, 1.54) is 0 Å². The summed E-state index contributed by atoms with van der Waals surface area (Å²) in [4.78, 5) is 0. The lowest BCUT2D eigenvalue weighted by molar-refractivity contribution is -0.134. The van der Waals surface area contributed by atoms with Gasteiger partial charge in [-0.25, -0.2) is 0 Å². The van der Waals surface area contributed by atoms with Gasteiger partial charge in [0.15, 0.2) is 0 Å². The highest BCUT2D eigenvalue weighted by molar-refractivity contribution is 4.87. The summed E-state index contributed by atoms with van der Waals surface area (Å²) >= 11 is 0. The van der Waals surface area contributed by atoms with Crippen LogP contribution in [0, 0.1) is 5.92 Å². The van der Waals surface area contributed by atoms with E-state index in [1.807, 2.05) is 0 Å². The number of aliphatic hydroxyl groups is 1. The van der Waals surface area contributed by atoms with E-state index in [-0.39, 0.29) is 13.1 Å². The van der Waals surface area contributed by atoms with E-state index in [0.29, 0.717) is 18.8 Å². The highest BCUT2D eigenvalue weighted by Gasteiger charge is 2.32. The third-order valence-electron chi connectivity index (χ3n) is 3.65. The van der Waals surface area contributed by atoms with E-state index >= 15 is 0 Å². The van der Waals surface area contributed by atoms with Gasteiger partial charge < -0.3 is 10.4 Å². The average molecular weight is 253 g/mol. The van der Waals surface area contributed by atoms with Gasteiger partial charge in [-0.3, -0.25) is 0 Å². The summed E-state index contributed by atoms with van der Waals surface area (Å²) in [6.45, 7) is 2.30. The smallest absolute Gasteiger partial charge is 0.389 e. The fourth-order valence-corrected chi connectivity index (χ4v) is 2.35. The minimum absolute atomic E-state index is 0.108. The molecule has 1 aliphatic carbocycles. The number of halogens is 3. The third kappa shape index (κ3) is 5.73. The Kier molecular flexibility index (Phi) is 5.25. The third-order valence-corrected chi connectivity index (χ3v) is 3.65. The van der Waals surface area contributed by atoms with Crippen molar-refractivity contribution in [3.63, 3.8) is 0 Å². The maximum atomic E-state index is 11.9. The molecule has 0 unspecified atom stereocenters. The van der Waals surface area contributed by atoms with Crippen molar-refractivity contribution < 1.29 is 18.3 Å². The summed E-state index contributed by atoms with van der Waals surface area (Å²) in [6, 6.07) is 0. The van der Waals surface area contributed by atoms with Crippen molar-refractivity contribution in [2.75, 3.05) is 13.1 Å². The molecule has 17 heavy (non-hydrogen) atoms. The second-order valence-corrected chi connectivity index (χ2v) is 5.12. The van der Waals surface area contributed by atoms with E-state index in [9.17, 15) is 18.3 Å². The molecule has 0 atom stereocenters. The van der Waals surface area contributed by atoms with Crippen molar-refractivity contribution in [2.24, 2.45) is 5.92 Å². The van der Waals surface area contributed by atoms with Crippen LogP contribution in [-0.2, 0) is 0 Å². The Balaban J connectivity index is 2.18. The summed E-state index contributed by atoms with van der Waals surface area (Å²) in [5, 5.41) is 12.9. The van der Waals surface area contributed by atoms with Gasteiger partial charge in [0.25, 0.3) is 0 Å². The zero-order valence-electron chi connectivity index (χ0n) is 10.3. The van der Waals surface area contributed by atoms with Gasteiger partial charge in [-0.2, -0.15) is 13.2 Å². The molecular weight excluding hydrogens is 231 g/mol. The van der Waals surface area contributed by atoms with E-state index in [1.54, 1.807) is 0 Å². The molecule has 2 nitrogen and oxygen atoms in total. The number of hydrogen-bond acceptors (Lipinski definition) is 2. The highest BCUT2D eigenvalue weighted by atomic mass is 19.4. The van der Waals surface area contributed by atoms with Crippen LogP contribution >= 0.6 is 0 Å². The van der Waals surface area contributed by atoms with Crippen molar-refractivity contribution in [3.8, 4) is 0 Å². The van der Waals surface area contributed by atoms with Gasteiger partial charge in [0.2, 0.25) is 0 Å². The maximum Gasteiger partial charge on any atom is 0.390 e. The summed E-state index contributed by atoms with van der Waals surface area (Å²) in [7, 11) is 0. The van der Waals surface area contributed by atoms with Gasteiger partial charge in [0.1, 0.15) is 0 Å². The van der Waals surface area contributed by atoms with E-state index < -0.39 is 18.2 Å². The minimum atomic E-state index is -4.12. The predicted molar refractivity (Wildman–Crippen MR) is 60.7 cm³/mol. The number of nitrogens with one attached hydrogen (secondary N) is 1. The zero-order valence-corrected chi connectivity index (χ0v) is 10.3. The predicted octanol–water partition coefficient (Wildman–Crippen LogP) is 2.86. The Morgan fingerprint density at radius 2 is 1.88 bits per heavy atom. The zero-order chi connectivity index (χ0) is 12.9. The summed E-state index contributed by atoms with van der Waals surface area (Å²) in [5.41, 5.74) is -0.794. The van der Waals surface area contributed by atoms with Crippen molar-refractivity contribution in [2.45, 2.75) is 57.2 Å². The van der Waals surface area contributed by atoms with Gasteiger partial charge in [0.05, 0.1) is 12.0 Å². The lowest BCUT2D eigenvalue weighted by atomic mass is 9.78. The Morgan fingerprint density at radius 3 is 2.35 bits per heavy atom. The molecule has 0 heterocycles. The number of alkyl halides is 3. The Labute approximate surface area is 101 Å². The fraction of sp³-hybridized carbons (Fsp3) is 1.00. The van der Waals surface area contributed by atoms with Crippen molar-refractivity contribution >= 4 is 0 Å². The molecule has 1 rings (SSSR count). The lowest BCUT2D eigenvalue weighted by Gasteiger charge is -2.36. The fourth-order valence-electron chi connectivity index (χ4n) is 2.35. The van der Waals surface area contributed by atoms with Gasteiger partial charge >= 0.3 is 6.18 Å². The molecule has 0 aromatic carbocycles. The molecule has 0 aromatic heterocycles. The second kappa shape index (κ2) is 6.05. The summed E-state index contributed by atoms with van der Waals surface area (Å²) < 4.78 is 35.7. The van der Waals surface area contributed by atoms with Crippen LogP contribution in [0.3, 0.4) is 0 Å². The maximum absolute atomic E-state index is 11.9. The summed E-state index contributed by atoms with van der Waals surface area (Å²) in [5.74, 6) is 0.672. The average Bonchev–Trinajstić information content (AvgIpc) is 2.25. The monoisotopic (exact) mass is 253 g/mol. The largest absolute Gasteiger partial charge is 0.390 e. The van der Waals surface area contributed by atoms with Crippen molar-refractivity contribution in [3.05, 3.63) is 0 Å². The molecule has 0 radical (unpaired) electrons. The molecular formula is C12H22F3NO. The molecule has 0 aliphatic heterocycles. The van der Waals surface area contributed by atoms with Crippen LogP contribution in [0.25, 0.3) is 0 Å². The summed E-state index contributed by atoms with van der Waals surface area (Å²) in [6.07, 6.45) is -0.468. The van der Waals surface area contributed by atoms with Gasteiger partial charge in [-0.05, 0) is 31.6 Å². The van der Waals surface area contributed by atoms with E-state index in [0.717, 1.165) is 19.3 Å². The molecule has 1 aliphatic rings. The molecule has 0 bridgehead atoms. The second-order valence-electron chi connectivity index (χ2n) is 5.12. The highest BCUT2D eigenvalue weighted by Crippen LogP contribution is 2.33. The molecule has 1 saturated carbocycles. The minimum Gasteiger partial charge on any atom is -0.389 e. The standard InChI is InChI=1S/C12H22F3NO/c1-2-10-3-5-11(17,6-4-10)9-16-8-7-12(13,14)15/h10,16-17H,2-9H2,1H3. The first-order valence-corrected chi connectivity index (χ1v) is 6.34. The molecule has 0 spiro atoms. The van der Waals surface area contributed by atoms with Crippen LogP contribution < -0.4 is 5.32 Å². The van der Waals surface area contributed by atoms with Crippen LogP contribution in [0.1, 0.15) is 45.4 Å². The number of rotatable bonds is 5. The van der Waals surface area contributed by atoms with Gasteiger partial charge in [0, 0.05) is 13.1 Å². The molecule has 1 fully saturated rings. The van der Waals surface area contributed by atoms with Gasteiger partial charge in [-0.1, -0.05) is 13.3 Å². The van der Waals surface area contributed by atoms with Gasteiger partial charge in [-0.15, -0.1) is 0 Å². The Hall–Kier alpha value is -0.290. The molecule has 0 saturated heterocycles. The topological polar surface area (TPSA) is 32.3 Å². The lowest BCUT2D eigenvalue weighted by Crippen LogP contribution is -2.44. The first-order valence-electron chi connectivity index (χ1n) is 6.34. The van der Waals surface area contributed by atoms with Crippen LogP contribution in [0.5, 0.6) is 0 Å². The normalized spacial score (nSPS) is 30.5. The van der Waals surface area contributed by atoms with Crippen molar-refractivity contribution in [1.29, 1.82) is 0 Å².